The van der Waals surface area contributed by atoms with E-state index in [1.54, 1.807) is 0 Å². The molecule has 2 heterocycles. The zero-order chi connectivity index (χ0) is 15.0. The molecule has 1 fully saturated rings. The van der Waals surface area contributed by atoms with Crippen LogP contribution in [-0.2, 0) is 4.79 Å². The van der Waals surface area contributed by atoms with Gasteiger partial charge >= 0.3 is 0 Å². The number of carbonyl (C=O) groups is 1. The highest BCUT2D eigenvalue weighted by molar-refractivity contribution is 7.80. The Hall–Kier alpha value is -2.40. The molecule has 1 aromatic carbocycles. The van der Waals surface area contributed by atoms with Gasteiger partial charge in [-0.25, -0.2) is 0 Å². The Morgan fingerprint density at radius 2 is 1.86 bits per heavy atom. The molecule has 4 nitrogen and oxygen atoms in total. The molecule has 0 spiro atoms. The highest BCUT2D eigenvalue weighted by atomic mass is 32.1. The average Bonchev–Trinajstić information content (AvgIpc) is 2.91. The first kappa shape index (κ1) is 13.6. The lowest BCUT2D eigenvalue weighted by Crippen LogP contribution is -2.21. The second kappa shape index (κ2) is 5.18. The molecular weight excluding hydrogens is 282 g/mol. The van der Waals surface area contributed by atoms with Crippen LogP contribution < -0.4 is 10.6 Å². The molecule has 0 radical (unpaired) electrons. The van der Waals surface area contributed by atoms with Gasteiger partial charge < -0.3 is 9.88 Å². The van der Waals surface area contributed by atoms with E-state index in [-0.39, 0.29) is 5.91 Å². The second-order valence-corrected chi connectivity index (χ2v) is 5.37. The average molecular weight is 297 g/mol. The largest absolute Gasteiger partial charge is 0.328 e. The molecule has 106 valence electrons. The molecule has 1 aromatic heterocycles. The van der Waals surface area contributed by atoms with Gasteiger partial charge in [-0.05, 0) is 55.9 Å². The van der Waals surface area contributed by atoms with Crippen molar-refractivity contribution in [2.24, 2.45) is 0 Å². The molecule has 1 saturated heterocycles. The molecule has 2 aromatic rings. The zero-order valence-corrected chi connectivity index (χ0v) is 12.6. The maximum absolute atomic E-state index is 11.7. The summed E-state index contributed by atoms with van der Waals surface area (Å²) in [5.74, 6) is -0.190. The predicted octanol–water partition coefficient (Wildman–Crippen LogP) is 2.44. The Bertz CT molecular complexity index is 759. The van der Waals surface area contributed by atoms with Crippen LogP contribution in [0.15, 0.2) is 42.1 Å². The molecule has 0 unspecified atom stereocenters. The highest BCUT2D eigenvalue weighted by Gasteiger charge is 2.21. The molecule has 1 aliphatic heterocycles. The number of para-hydroxylation sites is 1. The third-order valence-electron chi connectivity index (χ3n) is 3.50. The van der Waals surface area contributed by atoms with Crippen LogP contribution >= 0.6 is 12.2 Å². The van der Waals surface area contributed by atoms with Gasteiger partial charge in [-0.2, -0.15) is 0 Å². The second-order valence-electron chi connectivity index (χ2n) is 4.96. The van der Waals surface area contributed by atoms with E-state index < -0.39 is 0 Å². The van der Waals surface area contributed by atoms with Crippen molar-refractivity contribution in [3.63, 3.8) is 0 Å². The van der Waals surface area contributed by atoms with E-state index in [2.05, 4.69) is 40.3 Å². The summed E-state index contributed by atoms with van der Waals surface area (Å²) >= 11 is 4.94. The Morgan fingerprint density at radius 1 is 1.14 bits per heavy atom. The molecule has 1 amide bonds. The van der Waals surface area contributed by atoms with Gasteiger partial charge in [0.15, 0.2) is 5.11 Å². The van der Waals surface area contributed by atoms with E-state index in [0.717, 1.165) is 22.6 Å². The van der Waals surface area contributed by atoms with Crippen LogP contribution in [0.5, 0.6) is 0 Å². The normalized spacial score (nSPS) is 16.2. The lowest BCUT2D eigenvalue weighted by Gasteiger charge is -2.09. The van der Waals surface area contributed by atoms with Crippen LogP contribution in [0.2, 0.25) is 0 Å². The van der Waals surface area contributed by atoms with Crippen molar-refractivity contribution in [3.05, 3.63) is 59.0 Å². The SMILES string of the molecule is Cc1cc(C=C2NC(=S)NC2=O)c(C)n1-c1ccccc1. The van der Waals surface area contributed by atoms with E-state index in [1.807, 2.05) is 31.2 Å². The quantitative estimate of drug-likeness (QED) is 0.661. The summed E-state index contributed by atoms with van der Waals surface area (Å²) in [7, 11) is 0. The number of aryl methyl sites for hydroxylation is 1. The minimum Gasteiger partial charge on any atom is -0.328 e. The van der Waals surface area contributed by atoms with Gasteiger partial charge in [-0.15, -0.1) is 0 Å². The fourth-order valence-electron chi connectivity index (χ4n) is 2.55. The van der Waals surface area contributed by atoms with Gasteiger partial charge in [0.05, 0.1) is 0 Å². The summed E-state index contributed by atoms with van der Waals surface area (Å²) < 4.78 is 2.16. The summed E-state index contributed by atoms with van der Waals surface area (Å²) in [6, 6.07) is 12.2. The lowest BCUT2D eigenvalue weighted by atomic mass is 10.2. The number of rotatable bonds is 2. The maximum atomic E-state index is 11.7. The van der Waals surface area contributed by atoms with Crippen molar-refractivity contribution in [2.75, 3.05) is 0 Å². The van der Waals surface area contributed by atoms with Crippen molar-refractivity contribution < 1.29 is 4.79 Å². The van der Waals surface area contributed by atoms with Gasteiger partial charge in [0.2, 0.25) is 0 Å². The number of nitrogens with one attached hydrogen (secondary N) is 2. The smallest absolute Gasteiger partial charge is 0.273 e. The Kier molecular flexibility index (Phi) is 3.35. The standard InChI is InChI=1S/C16H15N3OS/c1-10-8-12(9-14-15(20)18-16(21)17-14)11(2)19(10)13-6-4-3-5-7-13/h3-9H,1-2H3,(H2,17,18,20,21). The molecule has 0 atom stereocenters. The number of hydrogen-bond acceptors (Lipinski definition) is 2. The fraction of sp³-hybridized carbons (Fsp3) is 0.125. The zero-order valence-electron chi connectivity index (χ0n) is 11.8. The van der Waals surface area contributed by atoms with Crippen LogP contribution in [0, 0.1) is 13.8 Å². The molecule has 5 heteroatoms. The van der Waals surface area contributed by atoms with Crippen molar-refractivity contribution >= 4 is 29.3 Å². The van der Waals surface area contributed by atoms with Crippen LogP contribution in [-0.4, -0.2) is 15.6 Å². The first-order valence-corrected chi connectivity index (χ1v) is 7.05. The monoisotopic (exact) mass is 297 g/mol. The number of thiocarbonyl (C=S) groups is 1. The first-order chi connectivity index (χ1) is 10.1. The van der Waals surface area contributed by atoms with Crippen molar-refractivity contribution in [3.8, 4) is 5.69 Å². The van der Waals surface area contributed by atoms with Crippen LogP contribution in [0.1, 0.15) is 17.0 Å². The van der Waals surface area contributed by atoms with E-state index in [1.165, 1.54) is 0 Å². The summed E-state index contributed by atoms with van der Waals surface area (Å²) in [6.45, 7) is 4.09. The van der Waals surface area contributed by atoms with Gasteiger partial charge in [0.1, 0.15) is 5.70 Å². The Labute approximate surface area is 128 Å². The topological polar surface area (TPSA) is 46.1 Å². The minimum absolute atomic E-state index is 0.190. The fourth-order valence-corrected chi connectivity index (χ4v) is 2.75. The number of aromatic nitrogens is 1. The number of hydrogen-bond donors (Lipinski definition) is 2. The number of nitrogens with zero attached hydrogens (tertiary/aromatic N) is 1. The Morgan fingerprint density at radius 3 is 2.48 bits per heavy atom. The maximum Gasteiger partial charge on any atom is 0.273 e. The summed E-state index contributed by atoms with van der Waals surface area (Å²) in [5.41, 5.74) is 4.79. The van der Waals surface area contributed by atoms with E-state index in [0.29, 0.717) is 10.8 Å². The lowest BCUT2D eigenvalue weighted by molar-refractivity contribution is -0.115. The van der Waals surface area contributed by atoms with Gasteiger partial charge in [-0.3, -0.25) is 10.1 Å². The van der Waals surface area contributed by atoms with Crippen molar-refractivity contribution in [1.29, 1.82) is 0 Å². The highest BCUT2D eigenvalue weighted by Crippen LogP contribution is 2.22. The third-order valence-corrected chi connectivity index (χ3v) is 3.71. The molecule has 1 aliphatic rings. The third kappa shape index (κ3) is 2.48. The van der Waals surface area contributed by atoms with E-state index in [9.17, 15) is 4.79 Å². The molecule has 3 rings (SSSR count). The van der Waals surface area contributed by atoms with E-state index >= 15 is 0 Å². The summed E-state index contributed by atoms with van der Waals surface area (Å²) in [6.07, 6.45) is 1.83. The number of carbonyl (C=O) groups excluding carboxylic acids is 1. The first-order valence-electron chi connectivity index (χ1n) is 6.64. The van der Waals surface area contributed by atoms with Crippen molar-refractivity contribution in [1.82, 2.24) is 15.2 Å². The van der Waals surface area contributed by atoms with Crippen LogP contribution in [0.4, 0.5) is 0 Å². The molecule has 21 heavy (non-hydrogen) atoms. The molecule has 0 bridgehead atoms. The van der Waals surface area contributed by atoms with Crippen LogP contribution in [0.3, 0.4) is 0 Å². The minimum atomic E-state index is -0.190. The van der Waals surface area contributed by atoms with Gasteiger partial charge in [0, 0.05) is 17.1 Å². The van der Waals surface area contributed by atoms with Crippen molar-refractivity contribution in [2.45, 2.75) is 13.8 Å². The van der Waals surface area contributed by atoms with Gasteiger partial charge in [0.25, 0.3) is 5.91 Å². The predicted molar refractivity (Wildman–Crippen MR) is 87.1 cm³/mol. The summed E-state index contributed by atoms with van der Waals surface area (Å²) in [5, 5.41) is 5.79. The van der Waals surface area contributed by atoms with Crippen LogP contribution in [0.25, 0.3) is 11.8 Å². The summed E-state index contributed by atoms with van der Waals surface area (Å²) in [4.78, 5) is 11.7. The van der Waals surface area contributed by atoms with Gasteiger partial charge in [-0.1, -0.05) is 18.2 Å². The Balaban J connectivity index is 2.05. The molecule has 0 aliphatic carbocycles. The molecule has 2 N–H and O–H groups in total. The number of benzene rings is 1. The van der Waals surface area contributed by atoms with E-state index in [4.69, 9.17) is 12.2 Å². The molecule has 0 saturated carbocycles. The number of amides is 1. The molecular formula is C16H15N3OS.